The highest BCUT2D eigenvalue weighted by Crippen LogP contribution is 2.21. The number of benzene rings is 1. The van der Waals surface area contributed by atoms with Crippen LogP contribution in [0, 0.1) is 0 Å². The SMILES string of the molecule is NC(=O)c1n[nH]c2cccc(N)c12. The molecule has 5 nitrogen and oxygen atoms in total. The highest BCUT2D eigenvalue weighted by molar-refractivity contribution is 6.08. The van der Waals surface area contributed by atoms with Gasteiger partial charge in [-0.1, -0.05) is 6.07 Å². The lowest BCUT2D eigenvalue weighted by Crippen LogP contribution is -2.12. The fraction of sp³-hybridized carbons (Fsp3) is 0. The third-order valence-corrected chi connectivity index (χ3v) is 1.86. The first-order valence-electron chi connectivity index (χ1n) is 3.72. The molecule has 0 saturated heterocycles. The van der Waals surface area contributed by atoms with Gasteiger partial charge in [0.05, 0.1) is 10.9 Å². The normalized spacial score (nSPS) is 10.5. The predicted octanol–water partition coefficient (Wildman–Crippen LogP) is 0.244. The van der Waals surface area contributed by atoms with Crippen molar-refractivity contribution >= 4 is 22.5 Å². The minimum Gasteiger partial charge on any atom is -0.398 e. The van der Waals surface area contributed by atoms with Gasteiger partial charge in [-0.15, -0.1) is 0 Å². The predicted molar refractivity (Wildman–Crippen MR) is 49.0 cm³/mol. The lowest BCUT2D eigenvalue weighted by molar-refractivity contribution is 0.0997. The molecule has 0 aliphatic rings. The highest BCUT2D eigenvalue weighted by atomic mass is 16.1. The topological polar surface area (TPSA) is 97.8 Å². The fourth-order valence-electron chi connectivity index (χ4n) is 1.28. The number of rotatable bonds is 1. The zero-order valence-electron chi connectivity index (χ0n) is 6.74. The van der Waals surface area contributed by atoms with E-state index in [0.717, 1.165) is 0 Å². The van der Waals surface area contributed by atoms with Gasteiger partial charge >= 0.3 is 0 Å². The number of hydrogen-bond donors (Lipinski definition) is 3. The van der Waals surface area contributed by atoms with Crippen LogP contribution in [0.2, 0.25) is 0 Å². The second-order valence-corrected chi connectivity index (χ2v) is 2.71. The van der Waals surface area contributed by atoms with Gasteiger partial charge in [0.25, 0.3) is 5.91 Å². The number of amides is 1. The molecule has 5 heteroatoms. The quantitative estimate of drug-likeness (QED) is 0.543. The number of fused-ring (bicyclic) bond motifs is 1. The fourth-order valence-corrected chi connectivity index (χ4v) is 1.28. The van der Waals surface area contributed by atoms with E-state index in [1.54, 1.807) is 18.2 Å². The number of nitrogens with one attached hydrogen (secondary N) is 1. The lowest BCUT2D eigenvalue weighted by atomic mass is 10.1. The molecule has 1 aromatic heterocycles. The summed E-state index contributed by atoms with van der Waals surface area (Å²) in [5.74, 6) is -0.579. The number of hydrogen-bond acceptors (Lipinski definition) is 3. The Labute approximate surface area is 73.7 Å². The van der Waals surface area contributed by atoms with Gasteiger partial charge in [0, 0.05) is 5.69 Å². The van der Waals surface area contributed by atoms with Crippen molar-refractivity contribution in [1.29, 1.82) is 0 Å². The Morgan fingerprint density at radius 2 is 2.23 bits per heavy atom. The first-order chi connectivity index (χ1) is 6.20. The molecule has 0 aliphatic carbocycles. The third kappa shape index (κ3) is 1.01. The van der Waals surface area contributed by atoms with E-state index in [0.29, 0.717) is 16.6 Å². The van der Waals surface area contributed by atoms with E-state index in [9.17, 15) is 4.79 Å². The summed E-state index contributed by atoms with van der Waals surface area (Å²) in [6, 6.07) is 5.26. The maximum atomic E-state index is 10.9. The number of aromatic nitrogens is 2. The average molecular weight is 176 g/mol. The third-order valence-electron chi connectivity index (χ3n) is 1.86. The van der Waals surface area contributed by atoms with Gasteiger partial charge in [-0.2, -0.15) is 5.10 Å². The smallest absolute Gasteiger partial charge is 0.269 e. The van der Waals surface area contributed by atoms with Crippen molar-refractivity contribution in [3.8, 4) is 0 Å². The number of primary amides is 1. The second-order valence-electron chi connectivity index (χ2n) is 2.71. The molecular weight excluding hydrogens is 168 g/mol. The molecule has 0 fully saturated rings. The Balaban J connectivity index is 2.86. The van der Waals surface area contributed by atoms with Crippen LogP contribution in [-0.4, -0.2) is 16.1 Å². The maximum Gasteiger partial charge on any atom is 0.269 e. The summed E-state index contributed by atoms with van der Waals surface area (Å²) in [6.07, 6.45) is 0. The second kappa shape index (κ2) is 2.48. The highest BCUT2D eigenvalue weighted by Gasteiger charge is 2.12. The summed E-state index contributed by atoms with van der Waals surface area (Å²) in [7, 11) is 0. The van der Waals surface area contributed by atoms with Crippen molar-refractivity contribution in [1.82, 2.24) is 10.2 Å². The van der Waals surface area contributed by atoms with Crippen LogP contribution in [-0.2, 0) is 0 Å². The van der Waals surface area contributed by atoms with Crippen LogP contribution in [0.25, 0.3) is 10.9 Å². The number of aromatic amines is 1. The molecule has 2 aromatic rings. The Bertz CT molecular complexity index is 474. The van der Waals surface area contributed by atoms with Crippen LogP contribution in [0.15, 0.2) is 18.2 Å². The minimum atomic E-state index is -0.579. The van der Waals surface area contributed by atoms with E-state index in [4.69, 9.17) is 11.5 Å². The van der Waals surface area contributed by atoms with Crippen molar-refractivity contribution in [2.75, 3.05) is 5.73 Å². The zero-order chi connectivity index (χ0) is 9.42. The van der Waals surface area contributed by atoms with Gasteiger partial charge in [-0.25, -0.2) is 0 Å². The van der Waals surface area contributed by atoms with Gasteiger partial charge in [-0.05, 0) is 12.1 Å². The van der Waals surface area contributed by atoms with Crippen molar-refractivity contribution in [3.05, 3.63) is 23.9 Å². The number of H-pyrrole nitrogens is 1. The van der Waals surface area contributed by atoms with Crippen molar-refractivity contribution in [3.63, 3.8) is 0 Å². The summed E-state index contributed by atoms with van der Waals surface area (Å²) in [5.41, 5.74) is 12.2. The van der Waals surface area contributed by atoms with E-state index in [1.165, 1.54) is 0 Å². The molecule has 5 N–H and O–H groups in total. The van der Waals surface area contributed by atoms with E-state index in [1.807, 2.05) is 0 Å². The van der Waals surface area contributed by atoms with Gasteiger partial charge in [0.15, 0.2) is 5.69 Å². The van der Waals surface area contributed by atoms with Crippen LogP contribution in [0.5, 0.6) is 0 Å². The molecular formula is C8H8N4O. The van der Waals surface area contributed by atoms with Gasteiger partial charge in [0.1, 0.15) is 0 Å². The number of carbonyl (C=O) groups excluding carboxylic acids is 1. The molecule has 0 unspecified atom stereocenters. The summed E-state index contributed by atoms with van der Waals surface area (Å²) in [6.45, 7) is 0. The molecule has 0 bridgehead atoms. The van der Waals surface area contributed by atoms with Gasteiger partial charge in [-0.3, -0.25) is 9.89 Å². The molecule has 1 heterocycles. The molecule has 0 radical (unpaired) electrons. The summed E-state index contributed by atoms with van der Waals surface area (Å²) in [4.78, 5) is 10.9. The van der Waals surface area contributed by atoms with Crippen molar-refractivity contribution in [2.45, 2.75) is 0 Å². The number of carbonyl (C=O) groups is 1. The first kappa shape index (κ1) is 7.60. The molecule has 1 aromatic carbocycles. The maximum absolute atomic E-state index is 10.9. The van der Waals surface area contributed by atoms with Crippen LogP contribution >= 0.6 is 0 Å². The first-order valence-corrected chi connectivity index (χ1v) is 3.72. The Kier molecular flexibility index (Phi) is 1.45. The zero-order valence-corrected chi connectivity index (χ0v) is 6.74. The monoisotopic (exact) mass is 176 g/mol. The van der Waals surface area contributed by atoms with E-state index in [2.05, 4.69) is 10.2 Å². The molecule has 66 valence electrons. The van der Waals surface area contributed by atoms with E-state index in [-0.39, 0.29) is 5.69 Å². The van der Waals surface area contributed by atoms with Gasteiger partial charge in [0.2, 0.25) is 0 Å². The average Bonchev–Trinajstić information content (AvgIpc) is 2.49. The van der Waals surface area contributed by atoms with E-state index >= 15 is 0 Å². The number of nitrogen functional groups attached to an aromatic ring is 1. The number of anilines is 1. The lowest BCUT2D eigenvalue weighted by Gasteiger charge is -1.95. The van der Waals surface area contributed by atoms with Crippen molar-refractivity contribution < 1.29 is 4.79 Å². The van der Waals surface area contributed by atoms with Crippen molar-refractivity contribution in [2.24, 2.45) is 5.73 Å². The van der Waals surface area contributed by atoms with Crippen LogP contribution in [0.1, 0.15) is 10.5 Å². The Morgan fingerprint density at radius 3 is 2.92 bits per heavy atom. The van der Waals surface area contributed by atoms with E-state index < -0.39 is 5.91 Å². The summed E-state index contributed by atoms with van der Waals surface area (Å²) in [5, 5.41) is 7.05. The molecule has 0 spiro atoms. The molecule has 1 amide bonds. The largest absolute Gasteiger partial charge is 0.398 e. The number of nitrogens with zero attached hydrogens (tertiary/aromatic N) is 1. The Morgan fingerprint density at radius 1 is 1.46 bits per heavy atom. The molecule has 2 rings (SSSR count). The standard InChI is InChI=1S/C8H8N4O/c9-4-2-1-3-5-6(4)7(8(10)13)12-11-5/h1-3H,9H2,(H2,10,13)(H,11,12). The van der Waals surface area contributed by atoms with Crippen LogP contribution in [0.3, 0.4) is 0 Å². The Hall–Kier alpha value is -2.04. The minimum absolute atomic E-state index is 0.188. The molecule has 0 atom stereocenters. The van der Waals surface area contributed by atoms with Crippen LogP contribution < -0.4 is 11.5 Å². The summed E-state index contributed by atoms with van der Waals surface area (Å²) < 4.78 is 0. The molecule has 0 aliphatic heterocycles. The molecule has 0 saturated carbocycles. The van der Waals surface area contributed by atoms with Gasteiger partial charge < -0.3 is 11.5 Å². The number of nitrogens with two attached hydrogens (primary N) is 2. The van der Waals surface area contributed by atoms with Crippen LogP contribution in [0.4, 0.5) is 5.69 Å². The summed E-state index contributed by atoms with van der Waals surface area (Å²) >= 11 is 0. The molecule has 13 heavy (non-hydrogen) atoms.